The molecule has 84 valence electrons. The van der Waals surface area contributed by atoms with Gasteiger partial charge in [-0.2, -0.15) is 5.26 Å². The van der Waals surface area contributed by atoms with Crippen molar-refractivity contribution in [3.63, 3.8) is 0 Å². The number of anilines is 1. The predicted molar refractivity (Wildman–Crippen MR) is 60.2 cm³/mol. The fourth-order valence-corrected chi connectivity index (χ4v) is 1.85. The van der Waals surface area contributed by atoms with Crippen molar-refractivity contribution >= 4 is 5.95 Å². The molecule has 0 radical (unpaired) electrons. The summed E-state index contributed by atoms with van der Waals surface area (Å²) in [7, 11) is 0. The predicted octanol–water partition coefficient (Wildman–Crippen LogP) is 0.878. The number of nitriles is 1. The maximum absolute atomic E-state index is 11.4. The van der Waals surface area contributed by atoms with Crippen LogP contribution in [0, 0.1) is 17.2 Å². The van der Waals surface area contributed by atoms with Gasteiger partial charge < -0.3 is 4.90 Å². The summed E-state index contributed by atoms with van der Waals surface area (Å²) in [5.74, 6) is 1.32. The maximum atomic E-state index is 11.4. The summed E-state index contributed by atoms with van der Waals surface area (Å²) in [6.07, 6.45) is 3.57. The number of nitrogens with zero attached hydrogens (tertiary/aromatic N) is 3. The molecular formula is C11H14N4O. The van der Waals surface area contributed by atoms with Crippen LogP contribution in [0.3, 0.4) is 0 Å². The molecule has 1 aliphatic rings. The van der Waals surface area contributed by atoms with Crippen LogP contribution in [0.25, 0.3) is 0 Å². The smallest absolute Gasteiger partial charge is 0.270 e. The van der Waals surface area contributed by atoms with Crippen LogP contribution >= 0.6 is 0 Å². The number of aromatic amines is 1. The number of H-pyrrole nitrogens is 1. The monoisotopic (exact) mass is 218 g/mol. The quantitative estimate of drug-likeness (QED) is 0.759. The Labute approximate surface area is 93.7 Å². The molecule has 0 saturated carbocycles. The number of nitrogens with one attached hydrogen (secondary N) is 1. The highest BCUT2D eigenvalue weighted by Gasteiger charge is 2.17. The van der Waals surface area contributed by atoms with Gasteiger partial charge in [0, 0.05) is 13.1 Å². The zero-order valence-electron chi connectivity index (χ0n) is 9.23. The molecule has 0 spiro atoms. The lowest BCUT2D eigenvalue weighted by atomic mass is 10.00. The summed E-state index contributed by atoms with van der Waals surface area (Å²) in [5.41, 5.74) is -0.291. The molecule has 0 bridgehead atoms. The standard InChI is InChI=1S/C11H14N4O/c1-8-2-4-15(5-3-8)11-13-7-9(6-12)10(16)14-11/h7-8H,2-5H2,1H3,(H,13,14,16). The lowest BCUT2D eigenvalue weighted by Crippen LogP contribution is -2.35. The fourth-order valence-electron chi connectivity index (χ4n) is 1.85. The van der Waals surface area contributed by atoms with Crippen molar-refractivity contribution in [3.05, 3.63) is 22.1 Å². The average Bonchev–Trinajstić information content (AvgIpc) is 2.30. The first-order valence-electron chi connectivity index (χ1n) is 5.45. The number of rotatable bonds is 1. The Morgan fingerprint density at radius 3 is 2.81 bits per heavy atom. The molecule has 0 unspecified atom stereocenters. The number of aromatic nitrogens is 2. The van der Waals surface area contributed by atoms with E-state index in [1.807, 2.05) is 6.07 Å². The van der Waals surface area contributed by atoms with Crippen LogP contribution in [-0.2, 0) is 0 Å². The highest BCUT2D eigenvalue weighted by atomic mass is 16.1. The van der Waals surface area contributed by atoms with Gasteiger partial charge in [-0.15, -0.1) is 0 Å². The first-order valence-corrected chi connectivity index (χ1v) is 5.45. The molecule has 5 nitrogen and oxygen atoms in total. The van der Waals surface area contributed by atoms with Gasteiger partial charge in [0.05, 0.1) is 6.20 Å². The van der Waals surface area contributed by atoms with Crippen LogP contribution in [0.1, 0.15) is 25.3 Å². The van der Waals surface area contributed by atoms with Crippen LogP contribution < -0.4 is 10.5 Å². The second-order valence-corrected chi connectivity index (χ2v) is 4.23. The molecular weight excluding hydrogens is 204 g/mol. The molecule has 5 heteroatoms. The van der Waals surface area contributed by atoms with Crippen molar-refractivity contribution < 1.29 is 0 Å². The van der Waals surface area contributed by atoms with E-state index in [2.05, 4.69) is 21.8 Å². The largest absolute Gasteiger partial charge is 0.342 e. The van der Waals surface area contributed by atoms with Gasteiger partial charge in [0.2, 0.25) is 5.95 Å². The molecule has 2 heterocycles. The van der Waals surface area contributed by atoms with Gasteiger partial charge in [0.15, 0.2) is 0 Å². The van der Waals surface area contributed by atoms with Gasteiger partial charge in [0.25, 0.3) is 5.56 Å². The molecule has 1 fully saturated rings. The fraction of sp³-hybridized carbons (Fsp3) is 0.545. The summed E-state index contributed by atoms with van der Waals surface area (Å²) in [4.78, 5) is 20.2. The Morgan fingerprint density at radius 2 is 2.25 bits per heavy atom. The molecule has 1 aliphatic heterocycles. The average molecular weight is 218 g/mol. The third-order valence-corrected chi connectivity index (χ3v) is 2.99. The van der Waals surface area contributed by atoms with E-state index in [4.69, 9.17) is 5.26 Å². The highest BCUT2D eigenvalue weighted by molar-refractivity contribution is 5.33. The first kappa shape index (κ1) is 10.7. The van der Waals surface area contributed by atoms with Crippen molar-refractivity contribution in [2.45, 2.75) is 19.8 Å². The summed E-state index contributed by atoms with van der Waals surface area (Å²) in [6, 6.07) is 1.81. The van der Waals surface area contributed by atoms with Crippen LogP contribution in [0.2, 0.25) is 0 Å². The summed E-state index contributed by atoms with van der Waals surface area (Å²) in [5, 5.41) is 8.63. The number of hydrogen-bond donors (Lipinski definition) is 1. The first-order chi connectivity index (χ1) is 7.70. The van der Waals surface area contributed by atoms with Gasteiger partial charge in [-0.25, -0.2) is 4.98 Å². The van der Waals surface area contributed by atoms with Gasteiger partial charge in [-0.1, -0.05) is 6.92 Å². The Morgan fingerprint density at radius 1 is 1.56 bits per heavy atom. The summed E-state index contributed by atoms with van der Waals surface area (Å²) < 4.78 is 0. The lowest BCUT2D eigenvalue weighted by molar-refractivity contribution is 0.434. The van der Waals surface area contributed by atoms with Crippen molar-refractivity contribution in [2.75, 3.05) is 18.0 Å². The number of piperidine rings is 1. The van der Waals surface area contributed by atoms with Crippen LogP contribution in [0.5, 0.6) is 0 Å². The minimum Gasteiger partial charge on any atom is -0.342 e. The molecule has 1 N–H and O–H groups in total. The van der Waals surface area contributed by atoms with E-state index in [-0.39, 0.29) is 11.1 Å². The van der Waals surface area contributed by atoms with Crippen molar-refractivity contribution in [1.82, 2.24) is 9.97 Å². The van der Waals surface area contributed by atoms with Gasteiger partial charge in [-0.3, -0.25) is 9.78 Å². The topological polar surface area (TPSA) is 72.8 Å². The van der Waals surface area contributed by atoms with Gasteiger partial charge >= 0.3 is 0 Å². The Bertz CT molecular complexity index is 466. The lowest BCUT2D eigenvalue weighted by Gasteiger charge is -2.30. The third-order valence-electron chi connectivity index (χ3n) is 2.99. The third kappa shape index (κ3) is 2.06. The van der Waals surface area contributed by atoms with Crippen LogP contribution in [0.15, 0.2) is 11.0 Å². The maximum Gasteiger partial charge on any atom is 0.270 e. The Hall–Kier alpha value is -1.83. The van der Waals surface area contributed by atoms with Gasteiger partial charge in [0.1, 0.15) is 11.6 Å². The number of hydrogen-bond acceptors (Lipinski definition) is 4. The molecule has 2 rings (SSSR count). The summed E-state index contributed by atoms with van der Waals surface area (Å²) >= 11 is 0. The van der Waals surface area contributed by atoms with Crippen molar-refractivity contribution in [2.24, 2.45) is 5.92 Å². The molecule has 0 atom stereocenters. The second kappa shape index (κ2) is 4.35. The SMILES string of the molecule is CC1CCN(c2ncc(C#N)c(=O)[nH]2)CC1. The van der Waals surface area contributed by atoms with Crippen molar-refractivity contribution in [3.8, 4) is 6.07 Å². The van der Waals surface area contributed by atoms with E-state index >= 15 is 0 Å². The summed E-state index contributed by atoms with van der Waals surface area (Å²) in [6.45, 7) is 4.05. The minimum atomic E-state index is -0.355. The molecule has 0 amide bonds. The molecule has 16 heavy (non-hydrogen) atoms. The van der Waals surface area contributed by atoms with E-state index in [0.29, 0.717) is 5.95 Å². The van der Waals surface area contributed by atoms with E-state index in [1.165, 1.54) is 6.20 Å². The Balaban J connectivity index is 2.19. The molecule has 1 saturated heterocycles. The molecule has 1 aromatic rings. The second-order valence-electron chi connectivity index (χ2n) is 4.23. The van der Waals surface area contributed by atoms with Crippen molar-refractivity contribution in [1.29, 1.82) is 5.26 Å². The highest BCUT2D eigenvalue weighted by Crippen LogP contribution is 2.18. The molecule has 0 aliphatic carbocycles. The zero-order chi connectivity index (χ0) is 11.5. The molecule has 1 aromatic heterocycles. The normalized spacial score (nSPS) is 17.1. The minimum absolute atomic E-state index is 0.0640. The van der Waals surface area contributed by atoms with Crippen LogP contribution in [0.4, 0.5) is 5.95 Å². The van der Waals surface area contributed by atoms with E-state index < -0.39 is 0 Å². The van der Waals surface area contributed by atoms with Gasteiger partial charge in [-0.05, 0) is 18.8 Å². The Kier molecular flexibility index (Phi) is 2.91. The molecule has 0 aromatic carbocycles. The van der Waals surface area contributed by atoms with E-state index in [0.717, 1.165) is 31.8 Å². The van der Waals surface area contributed by atoms with Crippen LogP contribution in [-0.4, -0.2) is 23.1 Å². The van der Waals surface area contributed by atoms with E-state index in [1.54, 1.807) is 0 Å². The zero-order valence-corrected chi connectivity index (χ0v) is 9.23. The van der Waals surface area contributed by atoms with E-state index in [9.17, 15) is 4.79 Å².